The lowest BCUT2D eigenvalue weighted by atomic mass is 9.98. The molecule has 5 nitrogen and oxygen atoms in total. The number of carbonyl (C=O) groups excluding carboxylic acids is 1. The van der Waals surface area contributed by atoms with Gasteiger partial charge >= 0.3 is 0 Å². The molecular formula is C15H23N3O2S. The SMILES string of the molecule is CSc1nc(C)nc(C)c1C(=O)N1CCCCC1CCO. The second-order valence-electron chi connectivity index (χ2n) is 5.40. The minimum Gasteiger partial charge on any atom is -0.396 e. The molecule has 1 saturated heterocycles. The molecule has 116 valence electrons. The first-order chi connectivity index (χ1) is 10.1. The van der Waals surface area contributed by atoms with Crippen LogP contribution in [0.5, 0.6) is 0 Å². The number of piperidine rings is 1. The van der Waals surface area contributed by atoms with Crippen LogP contribution >= 0.6 is 11.8 Å². The zero-order valence-corrected chi connectivity index (χ0v) is 13.7. The van der Waals surface area contributed by atoms with E-state index in [-0.39, 0.29) is 18.6 Å². The second kappa shape index (κ2) is 7.22. The molecule has 1 atom stereocenters. The number of likely N-dealkylation sites (tertiary alicyclic amines) is 1. The molecule has 6 heteroatoms. The van der Waals surface area contributed by atoms with Crippen LogP contribution in [0.2, 0.25) is 0 Å². The highest BCUT2D eigenvalue weighted by atomic mass is 32.2. The molecule has 0 saturated carbocycles. The van der Waals surface area contributed by atoms with Crippen molar-refractivity contribution in [3.8, 4) is 0 Å². The van der Waals surface area contributed by atoms with Crippen molar-refractivity contribution in [2.45, 2.75) is 50.6 Å². The Labute approximate surface area is 130 Å². The first-order valence-electron chi connectivity index (χ1n) is 7.39. The summed E-state index contributed by atoms with van der Waals surface area (Å²) in [6, 6.07) is 0.131. The van der Waals surface area contributed by atoms with Gasteiger partial charge in [-0.3, -0.25) is 4.79 Å². The molecule has 1 fully saturated rings. The number of rotatable bonds is 4. The number of amides is 1. The van der Waals surface area contributed by atoms with Gasteiger partial charge in [-0.1, -0.05) is 0 Å². The highest BCUT2D eigenvalue weighted by Crippen LogP contribution is 2.26. The molecule has 2 heterocycles. The molecule has 1 aliphatic heterocycles. The molecule has 0 aliphatic carbocycles. The summed E-state index contributed by atoms with van der Waals surface area (Å²) in [4.78, 5) is 23.6. The van der Waals surface area contributed by atoms with E-state index in [1.54, 1.807) is 0 Å². The van der Waals surface area contributed by atoms with Crippen LogP contribution in [-0.4, -0.2) is 51.3 Å². The molecule has 1 N–H and O–H groups in total. The van der Waals surface area contributed by atoms with Crippen molar-refractivity contribution < 1.29 is 9.90 Å². The molecule has 1 unspecified atom stereocenters. The average molecular weight is 309 g/mol. The van der Waals surface area contributed by atoms with Crippen LogP contribution in [-0.2, 0) is 0 Å². The lowest BCUT2D eigenvalue weighted by Gasteiger charge is -2.36. The number of aliphatic hydroxyl groups excluding tert-OH is 1. The van der Waals surface area contributed by atoms with Gasteiger partial charge in [0.15, 0.2) is 0 Å². The Morgan fingerprint density at radius 1 is 1.38 bits per heavy atom. The van der Waals surface area contributed by atoms with Crippen molar-refractivity contribution in [3.63, 3.8) is 0 Å². The number of nitrogens with zero attached hydrogens (tertiary/aromatic N) is 3. The minimum atomic E-state index is 0.00926. The van der Waals surface area contributed by atoms with Crippen molar-refractivity contribution in [3.05, 3.63) is 17.1 Å². The predicted molar refractivity (Wildman–Crippen MR) is 83.7 cm³/mol. The average Bonchev–Trinajstić information content (AvgIpc) is 2.46. The lowest BCUT2D eigenvalue weighted by molar-refractivity contribution is 0.0569. The summed E-state index contributed by atoms with van der Waals surface area (Å²) >= 11 is 1.48. The molecule has 1 amide bonds. The van der Waals surface area contributed by atoms with E-state index < -0.39 is 0 Å². The molecular weight excluding hydrogens is 286 g/mol. The van der Waals surface area contributed by atoms with Gasteiger partial charge in [0.25, 0.3) is 5.91 Å². The van der Waals surface area contributed by atoms with Gasteiger partial charge in [-0.05, 0) is 45.8 Å². The Morgan fingerprint density at radius 3 is 2.81 bits per heavy atom. The Balaban J connectivity index is 2.34. The third-order valence-corrected chi connectivity index (χ3v) is 4.61. The molecule has 0 radical (unpaired) electrons. The van der Waals surface area contributed by atoms with Crippen LogP contribution in [0.25, 0.3) is 0 Å². The third-order valence-electron chi connectivity index (χ3n) is 3.93. The van der Waals surface area contributed by atoms with Crippen molar-refractivity contribution >= 4 is 17.7 Å². The van der Waals surface area contributed by atoms with E-state index in [0.29, 0.717) is 17.8 Å². The summed E-state index contributed by atoms with van der Waals surface area (Å²) in [7, 11) is 0. The molecule has 0 spiro atoms. The van der Waals surface area contributed by atoms with E-state index in [1.165, 1.54) is 11.8 Å². The van der Waals surface area contributed by atoms with Gasteiger partial charge in [0.05, 0.1) is 11.3 Å². The van der Waals surface area contributed by atoms with E-state index in [4.69, 9.17) is 0 Å². The molecule has 0 aromatic carbocycles. The molecule has 0 bridgehead atoms. The summed E-state index contributed by atoms with van der Waals surface area (Å²) in [6.07, 6.45) is 5.68. The normalized spacial score (nSPS) is 18.9. The summed E-state index contributed by atoms with van der Waals surface area (Å²) in [5.74, 6) is 0.703. The van der Waals surface area contributed by atoms with Gasteiger partial charge in [-0.25, -0.2) is 9.97 Å². The van der Waals surface area contributed by atoms with Gasteiger partial charge in [0.2, 0.25) is 0 Å². The molecule has 1 aromatic rings. The Bertz CT molecular complexity index is 520. The first kappa shape index (κ1) is 16.2. The number of aromatic nitrogens is 2. The first-order valence-corrected chi connectivity index (χ1v) is 8.62. The standard InChI is InChI=1S/C15H23N3O2S/c1-10-13(14(21-3)17-11(2)16-10)15(20)18-8-5-4-6-12(18)7-9-19/h12,19H,4-9H2,1-3H3. The number of hydrogen-bond acceptors (Lipinski definition) is 5. The maximum Gasteiger partial charge on any atom is 0.258 e. The number of thioether (sulfide) groups is 1. The fourth-order valence-corrected chi connectivity index (χ4v) is 3.60. The quantitative estimate of drug-likeness (QED) is 0.682. The Hall–Kier alpha value is -1.14. The highest BCUT2D eigenvalue weighted by Gasteiger charge is 2.30. The number of hydrogen-bond donors (Lipinski definition) is 1. The molecule has 1 aliphatic rings. The van der Waals surface area contributed by atoms with Gasteiger partial charge < -0.3 is 10.0 Å². The lowest BCUT2D eigenvalue weighted by Crippen LogP contribution is -2.44. The topological polar surface area (TPSA) is 66.3 Å². The van der Waals surface area contributed by atoms with E-state index in [2.05, 4.69) is 9.97 Å². The van der Waals surface area contributed by atoms with E-state index in [1.807, 2.05) is 25.0 Å². The second-order valence-corrected chi connectivity index (χ2v) is 6.20. The smallest absolute Gasteiger partial charge is 0.258 e. The van der Waals surface area contributed by atoms with Crippen LogP contribution in [0, 0.1) is 13.8 Å². The zero-order valence-electron chi connectivity index (χ0n) is 12.9. The molecule has 2 rings (SSSR count). The van der Waals surface area contributed by atoms with Gasteiger partial charge in [-0.15, -0.1) is 11.8 Å². The number of carbonyl (C=O) groups is 1. The van der Waals surface area contributed by atoms with Gasteiger partial charge in [0.1, 0.15) is 10.9 Å². The predicted octanol–water partition coefficient (Wildman–Crippen LogP) is 2.19. The van der Waals surface area contributed by atoms with E-state index in [9.17, 15) is 9.90 Å². The van der Waals surface area contributed by atoms with Crippen LogP contribution in [0.15, 0.2) is 5.03 Å². The van der Waals surface area contributed by atoms with Crippen molar-refractivity contribution in [2.75, 3.05) is 19.4 Å². The maximum absolute atomic E-state index is 12.9. The van der Waals surface area contributed by atoms with Crippen molar-refractivity contribution in [2.24, 2.45) is 0 Å². The van der Waals surface area contributed by atoms with Gasteiger partial charge in [0, 0.05) is 19.2 Å². The number of aryl methyl sites for hydroxylation is 2. The van der Waals surface area contributed by atoms with Crippen LogP contribution in [0.1, 0.15) is 47.6 Å². The van der Waals surface area contributed by atoms with Crippen LogP contribution in [0.4, 0.5) is 0 Å². The summed E-state index contributed by atoms with van der Waals surface area (Å²) in [5, 5.41) is 9.96. The molecule has 21 heavy (non-hydrogen) atoms. The summed E-state index contributed by atoms with van der Waals surface area (Å²) < 4.78 is 0. The van der Waals surface area contributed by atoms with Crippen molar-refractivity contribution in [1.82, 2.24) is 14.9 Å². The van der Waals surface area contributed by atoms with E-state index in [0.717, 1.165) is 36.5 Å². The number of aliphatic hydroxyl groups is 1. The molecule has 1 aromatic heterocycles. The largest absolute Gasteiger partial charge is 0.396 e. The summed E-state index contributed by atoms with van der Waals surface area (Å²) in [5.41, 5.74) is 1.36. The zero-order chi connectivity index (χ0) is 15.4. The van der Waals surface area contributed by atoms with Crippen LogP contribution in [0.3, 0.4) is 0 Å². The summed E-state index contributed by atoms with van der Waals surface area (Å²) in [6.45, 7) is 4.58. The Morgan fingerprint density at radius 2 is 2.14 bits per heavy atom. The Kier molecular flexibility index (Phi) is 5.58. The minimum absolute atomic E-state index is 0.00926. The third kappa shape index (κ3) is 3.55. The maximum atomic E-state index is 12.9. The van der Waals surface area contributed by atoms with Crippen molar-refractivity contribution in [1.29, 1.82) is 0 Å². The highest BCUT2D eigenvalue weighted by molar-refractivity contribution is 7.98. The van der Waals surface area contributed by atoms with E-state index >= 15 is 0 Å². The van der Waals surface area contributed by atoms with Gasteiger partial charge in [-0.2, -0.15) is 0 Å². The van der Waals surface area contributed by atoms with Crippen LogP contribution < -0.4 is 0 Å². The fourth-order valence-electron chi connectivity index (χ4n) is 2.94. The monoisotopic (exact) mass is 309 g/mol. The fraction of sp³-hybridized carbons (Fsp3) is 0.667.